The number of benzene rings is 1. The first-order valence-corrected chi connectivity index (χ1v) is 11.1. The third-order valence-electron chi connectivity index (χ3n) is 6.41. The molecule has 1 fully saturated rings. The van der Waals surface area contributed by atoms with Crippen molar-refractivity contribution in [1.29, 1.82) is 0 Å². The maximum atomic E-state index is 13.6. The van der Waals surface area contributed by atoms with Gasteiger partial charge in [0.2, 0.25) is 5.91 Å². The molecule has 1 N–H and O–H groups in total. The lowest BCUT2D eigenvalue weighted by atomic mass is 9.64. The van der Waals surface area contributed by atoms with Gasteiger partial charge >= 0.3 is 0 Å². The number of amides is 2. The van der Waals surface area contributed by atoms with E-state index in [1.165, 1.54) is 11.3 Å². The maximum Gasteiger partial charge on any atom is 0.254 e. The minimum Gasteiger partial charge on any atom is -0.329 e. The Morgan fingerprint density at radius 3 is 2.75 bits per heavy atom. The normalized spacial score (nSPS) is 22.0. The molecule has 5 nitrogen and oxygen atoms in total. The standard InChI is InChI=1S/C22H27N3O2S/c1-3-15(2)25-20(27)17-10-6-5-9-16(17)18(22(25)11-7-4-8-12-22)19(26)24-21-23-13-14-28-21/h5-6,9-10,13-15,18H,3-4,7-8,11-12H2,1-2H3,(H,23,24,26)/t15-,18-/m0/s1. The van der Waals surface area contributed by atoms with E-state index in [1.807, 2.05) is 29.6 Å². The number of aromatic nitrogens is 1. The van der Waals surface area contributed by atoms with Gasteiger partial charge in [-0.05, 0) is 37.8 Å². The van der Waals surface area contributed by atoms with Gasteiger partial charge in [-0.1, -0.05) is 44.4 Å². The van der Waals surface area contributed by atoms with Gasteiger partial charge in [0.05, 0.1) is 11.5 Å². The molecule has 1 aliphatic heterocycles. The van der Waals surface area contributed by atoms with E-state index in [9.17, 15) is 9.59 Å². The van der Waals surface area contributed by atoms with E-state index in [0.29, 0.717) is 10.7 Å². The lowest BCUT2D eigenvalue weighted by molar-refractivity contribution is -0.122. The number of hydrogen-bond acceptors (Lipinski definition) is 4. The number of fused-ring (bicyclic) bond motifs is 1. The van der Waals surface area contributed by atoms with Crippen molar-refractivity contribution in [2.45, 2.75) is 69.9 Å². The highest BCUT2D eigenvalue weighted by Crippen LogP contribution is 2.50. The van der Waals surface area contributed by atoms with E-state index < -0.39 is 5.54 Å². The number of thiazole rings is 1. The van der Waals surface area contributed by atoms with Crippen molar-refractivity contribution < 1.29 is 9.59 Å². The predicted octanol–water partition coefficient (Wildman–Crippen LogP) is 4.82. The number of carbonyl (C=O) groups is 2. The van der Waals surface area contributed by atoms with Crippen LogP contribution in [0, 0.1) is 0 Å². The largest absolute Gasteiger partial charge is 0.329 e. The zero-order chi connectivity index (χ0) is 19.7. The molecule has 1 saturated carbocycles. The van der Waals surface area contributed by atoms with Crippen LogP contribution in [0.2, 0.25) is 0 Å². The fraction of sp³-hybridized carbons (Fsp3) is 0.500. The lowest BCUT2D eigenvalue weighted by Crippen LogP contribution is -2.64. The van der Waals surface area contributed by atoms with Gasteiger partial charge in [-0.25, -0.2) is 4.98 Å². The summed E-state index contributed by atoms with van der Waals surface area (Å²) in [6.45, 7) is 4.22. The molecule has 0 unspecified atom stereocenters. The molecule has 2 aromatic rings. The fourth-order valence-electron chi connectivity index (χ4n) is 5.07. The van der Waals surface area contributed by atoms with E-state index in [0.717, 1.165) is 44.1 Å². The Kier molecular flexibility index (Phi) is 5.23. The Bertz CT molecular complexity index is 858. The molecular formula is C22H27N3O2S. The molecule has 4 rings (SSSR count). The summed E-state index contributed by atoms with van der Waals surface area (Å²) in [6.07, 6.45) is 7.55. The Labute approximate surface area is 170 Å². The average Bonchev–Trinajstić information content (AvgIpc) is 3.21. The van der Waals surface area contributed by atoms with Gasteiger partial charge in [-0.3, -0.25) is 9.59 Å². The number of nitrogens with zero attached hydrogens (tertiary/aromatic N) is 2. The molecule has 1 aromatic heterocycles. The Morgan fingerprint density at radius 1 is 1.32 bits per heavy atom. The minimum absolute atomic E-state index is 0.0508. The molecule has 1 spiro atoms. The summed E-state index contributed by atoms with van der Waals surface area (Å²) >= 11 is 1.42. The minimum atomic E-state index is -0.458. The van der Waals surface area contributed by atoms with Crippen molar-refractivity contribution in [3.8, 4) is 0 Å². The molecule has 2 heterocycles. The first-order chi connectivity index (χ1) is 13.6. The van der Waals surface area contributed by atoms with Crippen molar-refractivity contribution in [3.05, 3.63) is 47.0 Å². The molecule has 148 valence electrons. The van der Waals surface area contributed by atoms with E-state index in [4.69, 9.17) is 0 Å². The number of nitrogens with one attached hydrogen (secondary N) is 1. The number of rotatable bonds is 4. The SMILES string of the molecule is CC[C@H](C)N1C(=O)c2ccccc2[C@@H](C(=O)Nc2nccs2)C12CCCCC2. The Balaban J connectivity index is 1.86. The van der Waals surface area contributed by atoms with Gasteiger partial charge in [0, 0.05) is 23.2 Å². The zero-order valence-corrected chi connectivity index (χ0v) is 17.3. The summed E-state index contributed by atoms with van der Waals surface area (Å²) in [4.78, 5) is 33.4. The van der Waals surface area contributed by atoms with E-state index >= 15 is 0 Å². The van der Waals surface area contributed by atoms with E-state index in [-0.39, 0.29) is 23.8 Å². The summed E-state index contributed by atoms with van der Waals surface area (Å²) in [5.74, 6) is -0.352. The topological polar surface area (TPSA) is 62.3 Å². The first-order valence-electron chi connectivity index (χ1n) is 10.2. The second-order valence-electron chi connectivity index (χ2n) is 7.94. The highest BCUT2D eigenvalue weighted by molar-refractivity contribution is 7.13. The van der Waals surface area contributed by atoms with Crippen LogP contribution in [-0.4, -0.2) is 33.3 Å². The van der Waals surface area contributed by atoms with Crippen LogP contribution in [0.4, 0.5) is 5.13 Å². The Morgan fingerprint density at radius 2 is 2.07 bits per heavy atom. The van der Waals surface area contributed by atoms with Gasteiger partial charge in [-0.15, -0.1) is 11.3 Å². The first kappa shape index (κ1) is 19.1. The fourth-order valence-corrected chi connectivity index (χ4v) is 5.60. The summed E-state index contributed by atoms with van der Waals surface area (Å²) < 4.78 is 0. The van der Waals surface area contributed by atoms with Crippen LogP contribution in [0.1, 0.15) is 74.2 Å². The monoisotopic (exact) mass is 397 g/mol. The van der Waals surface area contributed by atoms with Gasteiger partial charge in [0.15, 0.2) is 5.13 Å². The third-order valence-corrected chi connectivity index (χ3v) is 7.10. The van der Waals surface area contributed by atoms with Gasteiger partial charge in [0.25, 0.3) is 5.91 Å². The van der Waals surface area contributed by atoms with Gasteiger partial charge < -0.3 is 10.2 Å². The van der Waals surface area contributed by atoms with Crippen LogP contribution in [0.25, 0.3) is 0 Å². The molecule has 28 heavy (non-hydrogen) atoms. The lowest BCUT2D eigenvalue weighted by Gasteiger charge is -2.55. The molecule has 0 saturated heterocycles. The van der Waals surface area contributed by atoms with Crippen LogP contribution in [0.15, 0.2) is 35.8 Å². The van der Waals surface area contributed by atoms with Gasteiger partial charge in [-0.2, -0.15) is 0 Å². The van der Waals surface area contributed by atoms with E-state index in [2.05, 4.69) is 29.0 Å². The quantitative estimate of drug-likeness (QED) is 0.804. The average molecular weight is 398 g/mol. The molecule has 1 aliphatic carbocycles. The number of carbonyl (C=O) groups excluding carboxylic acids is 2. The molecule has 1 aromatic carbocycles. The Hall–Kier alpha value is -2.21. The highest BCUT2D eigenvalue weighted by Gasteiger charge is 2.55. The molecule has 2 aliphatic rings. The van der Waals surface area contributed by atoms with Crippen LogP contribution in [0.5, 0.6) is 0 Å². The van der Waals surface area contributed by atoms with Crippen LogP contribution < -0.4 is 5.32 Å². The molecule has 6 heteroatoms. The molecule has 2 atom stereocenters. The summed E-state index contributed by atoms with van der Waals surface area (Å²) in [6, 6.07) is 7.75. The van der Waals surface area contributed by atoms with Gasteiger partial charge in [0.1, 0.15) is 0 Å². The highest BCUT2D eigenvalue weighted by atomic mass is 32.1. The maximum absolute atomic E-state index is 13.6. The third kappa shape index (κ3) is 3.04. The predicted molar refractivity (Wildman–Crippen MR) is 112 cm³/mol. The van der Waals surface area contributed by atoms with Crippen molar-refractivity contribution in [2.24, 2.45) is 0 Å². The zero-order valence-electron chi connectivity index (χ0n) is 16.5. The van der Waals surface area contributed by atoms with E-state index in [1.54, 1.807) is 6.20 Å². The number of hydrogen-bond donors (Lipinski definition) is 1. The molecule has 0 radical (unpaired) electrons. The number of anilines is 1. The van der Waals surface area contributed by atoms with Crippen LogP contribution in [-0.2, 0) is 4.79 Å². The smallest absolute Gasteiger partial charge is 0.254 e. The summed E-state index contributed by atoms with van der Waals surface area (Å²) in [7, 11) is 0. The van der Waals surface area contributed by atoms with Crippen LogP contribution >= 0.6 is 11.3 Å². The summed E-state index contributed by atoms with van der Waals surface area (Å²) in [5, 5.41) is 5.50. The van der Waals surface area contributed by atoms with Crippen molar-refractivity contribution >= 4 is 28.3 Å². The van der Waals surface area contributed by atoms with Crippen molar-refractivity contribution in [3.63, 3.8) is 0 Å². The van der Waals surface area contributed by atoms with Crippen LogP contribution in [0.3, 0.4) is 0 Å². The van der Waals surface area contributed by atoms with Crippen molar-refractivity contribution in [2.75, 3.05) is 5.32 Å². The second kappa shape index (κ2) is 7.66. The molecular weight excluding hydrogens is 370 g/mol. The molecule has 2 amide bonds. The summed E-state index contributed by atoms with van der Waals surface area (Å²) in [5.41, 5.74) is 1.07. The second-order valence-corrected chi connectivity index (χ2v) is 8.84. The molecule has 0 bridgehead atoms. The van der Waals surface area contributed by atoms with Crippen molar-refractivity contribution in [1.82, 2.24) is 9.88 Å².